The van der Waals surface area contributed by atoms with Crippen molar-refractivity contribution in [2.45, 2.75) is 27.2 Å². The van der Waals surface area contributed by atoms with E-state index in [0.29, 0.717) is 0 Å². The molecule has 0 aliphatic carbocycles. The van der Waals surface area contributed by atoms with Gasteiger partial charge in [-0.15, -0.1) is 0 Å². The van der Waals surface area contributed by atoms with Crippen LogP contribution in [-0.2, 0) is 0 Å². The highest BCUT2D eigenvalue weighted by Gasteiger charge is 2.08. The molecule has 1 aromatic rings. The molecule has 0 saturated heterocycles. The minimum Gasteiger partial charge on any atom is -0.402 e. The molecule has 1 rings (SSSR count). The van der Waals surface area contributed by atoms with Crippen molar-refractivity contribution in [1.29, 1.82) is 0 Å². The van der Waals surface area contributed by atoms with Gasteiger partial charge < -0.3 is 5.73 Å². The van der Waals surface area contributed by atoms with E-state index in [1.165, 1.54) is 0 Å². The summed E-state index contributed by atoms with van der Waals surface area (Å²) < 4.78 is 0. The fourth-order valence-corrected chi connectivity index (χ4v) is 1.87. The van der Waals surface area contributed by atoms with Crippen molar-refractivity contribution < 1.29 is 0 Å². The van der Waals surface area contributed by atoms with Crippen LogP contribution in [0.3, 0.4) is 0 Å². The van der Waals surface area contributed by atoms with E-state index in [1.807, 2.05) is 39.0 Å². The number of aliphatic imine (C=N–C) groups is 1. The van der Waals surface area contributed by atoms with Gasteiger partial charge in [-0.1, -0.05) is 36.9 Å². The van der Waals surface area contributed by atoms with Crippen LogP contribution < -0.4 is 5.73 Å². The molecule has 0 aliphatic heterocycles. The zero-order valence-electron chi connectivity index (χ0n) is 11.5. The Morgan fingerprint density at radius 2 is 1.83 bits per heavy atom. The molecule has 2 N–H and O–H groups in total. The van der Waals surface area contributed by atoms with E-state index in [2.05, 4.69) is 23.7 Å². The maximum atomic E-state index is 5.95. The first-order valence-corrected chi connectivity index (χ1v) is 6.26. The predicted molar refractivity (Wildman–Crippen MR) is 80.6 cm³/mol. The Hall–Kier alpha value is -1.83. The Morgan fingerprint density at radius 3 is 2.33 bits per heavy atom. The number of nitrogens with two attached hydrogens (primary N) is 1. The third-order valence-corrected chi connectivity index (χ3v) is 2.88. The van der Waals surface area contributed by atoms with E-state index < -0.39 is 0 Å². The van der Waals surface area contributed by atoms with Crippen LogP contribution in [-0.4, -0.2) is 12.3 Å². The minimum atomic E-state index is 0.752. The number of benzene rings is 1. The van der Waals surface area contributed by atoms with E-state index in [9.17, 15) is 0 Å². The summed E-state index contributed by atoms with van der Waals surface area (Å²) >= 11 is 0. The average molecular weight is 242 g/mol. The summed E-state index contributed by atoms with van der Waals surface area (Å²) in [6.07, 6.45) is 0.752. The normalized spacial score (nSPS) is 13.2. The first-order chi connectivity index (χ1) is 8.56. The smallest absolute Gasteiger partial charge is 0.0369 e. The maximum absolute atomic E-state index is 5.95. The van der Waals surface area contributed by atoms with Gasteiger partial charge in [-0.3, -0.25) is 4.99 Å². The Labute approximate surface area is 110 Å². The lowest BCUT2D eigenvalue weighted by Crippen LogP contribution is -2.07. The first-order valence-electron chi connectivity index (χ1n) is 6.26. The average Bonchev–Trinajstić information content (AvgIpc) is 2.36. The highest BCUT2D eigenvalue weighted by Crippen LogP contribution is 2.22. The Kier molecular flexibility index (Phi) is 5.37. The number of hydrogen-bond acceptors (Lipinski definition) is 2. The standard InChI is InChI=1S/C16H22N2/c1-5-18-14(4)16(13(3)17)11-12(2)15-9-7-6-8-10-15/h6-10H,2,5,11,17H2,1,3-4H3. The first kappa shape index (κ1) is 14.2. The van der Waals surface area contributed by atoms with Crippen LogP contribution in [0, 0.1) is 0 Å². The molecule has 2 heteroatoms. The minimum absolute atomic E-state index is 0.752. The van der Waals surface area contributed by atoms with Gasteiger partial charge in [0.1, 0.15) is 0 Å². The summed E-state index contributed by atoms with van der Waals surface area (Å²) in [6, 6.07) is 10.2. The number of hydrogen-bond donors (Lipinski definition) is 1. The van der Waals surface area contributed by atoms with Gasteiger partial charge in [-0.05, 0) is 37.5 Å². The van der Waals surface area contributed by atoms with Crippen LogP contribution in [0.4, 0.5) is 0 Å². The lowest BCUT2D eigenvalue weighted by Gasteiger charge is -2.12. The van der Waals surface area contributed by atoms with Crippen molar-refractivity contribution in [2.24, 2.45) is 10.7 Å². The molecule has 96 valence electrons. The van der Waals surface area contributed by atoms with Gasteiger partial charge in [-0.2, -0.15) is 0 Å². The lowest BCUT2D eigenvalue weighted by molar-refractivity contribution is 1.10. The van der Waals surface area contributed by atoms with Gasteiger partial charge >= 0.3 is 0 Å². The van der Waals surface area contributed by atoms with E-state index in [1.54, 1.807) is 0 Å². The van der Waals surface area contributed by atoms with Crippen molar-refractivity contribution in [3.8, 4) is 0 Å². The fraction of sp³-hybridized carbons (Fsp3) is 0.312. The molecule has 0 unspecified atom stereocenters. The molecule has 0 amide bonds. The van der Waals surface area contributed by atoms with Crippen LogP contribution in [0.2, 0.25) is 0 Å². The largest absolute Gasteiger partial charge is 0.402 e. The number of rotatable bonds is 5. The third kappa shape index (κ3) is 3.88. The molecular formula is C16H22N2. The van der Waals surface area contributed by atoms with Crippen LogP contribution in [0.1, 0.15) is 32.8 Å². The number of allylic oxidation sites excluding steroid dienone is 3. The zero-order valence-corrected chi connectivity index (χ0v) is 11.5. The summed E-state index contributed by atoms with van der Waals surface area (Å²) in [5, 5.41) is 0. The van der Waals surface area contributed by atoms with Gasteiger partial charge in [0.05, 0.1) is 0 Å². The van der Waals surface area contributed by atoms with E-state index in [-0.39, 0.29) is 0 Å². The van der Waals surface area contributed by atoms with E-state index in [0.717, 1.165) is 41.1 Å². The van der Waals surface area contributed by atoms with Crippen molar-refractivity contribution >= 4 is 11.3 Å². The topological polar surface area (TPSA) is 38.4 Å². The van der Waals surface area contributed by atoms with Crippen LogP contribution >= 0.6 is 0 Å². The van der Waals surface area contributed by atoms with Gasteiger partial charge in [0, 0.05) is 24.4 Å². The summed E-state index contributed by atoms with van der Waals surface area (Å²) in [4.78, 5) is 4.43. The van der Waals surface area contributed by atoms with E-state index >= 15 is 0 Å². The fourth-order valence-electron chi connectivity index (χ4n) is 1.87. The molecule has 0 heterocycles. The van der Waals surface area contributed by atoms with Crippen molar-refractivity contribution in [2.75, 3.05) is 6.54 Å². The summed E-state index contributed by atoms with van der Waals surface area (Å²) in [5.74, 6) is 0. The lowest BCUT2D eigenvalue weighted by atomic mass is 9.96. The second kappa shape index (κ2) is 6.80. The molecule has 0 aromatic heterocycles. The second-order valence-electron chi connectivity index (χ2n) is 4.37. The van der Waals surface area contributed by atoms with Crippen LogP contribution in [0.25, 0.3) is 5.57 Å². The van der Waals surface area contributed by atoms with E-state index in [4.69, 9.17) is 5.73 Å². The second-order valence-corrected chi connectivity index (χ2v) is 4.37. The molecule has 2 nitrogen and oxygen atoms in total. The summed E-state index contributed by atoms with van der Waals surface area (Å²) in [5.41, 5.74) is 11.1. The van der Waals surface area contributed by atoms with Crippen LogP contribution in [0.5, 0.6) is 0 Å². The van der Waals surface area contributed by atoms with Crippen molar-refractivity contribution in [3.05, 3.63) is 53.7 Å². The molecule has 0 fully saturated rings. The third-order valence-electron chi connectivity index (χ3n) is 2.88. The quantitative estimate of drug-likeness (QED) is 0.783. The van der Waals surface area contributed by atoms with Crippen molar-refractivity contribution in [1.82, 2.24) is 0 Å². The Morgan fingerprint density at radius 1 is 1.22 bits per heavy atom. The Balaban J connectivity index is 2.91. The van der Waals surface area contributed by atoms with Gasteiger partial charge in [0.25, 0.3) is 0 Å². The molecule has 0 bridgehead atoms. The molecule has 0 saturated carbocycles. The zero-order chi connectivity index (χ0) is 13.5. The molecule has 0 radical (unpaired) electrons. The summed E-state index contributed by atoms with van der Waals surface area (Å²) in [6.45, 7) is 10.9. The molecule has 18 heavy (non-hydrogen) atoms. The van der Waals surface area contributed by atoms with Crippen LogP contribution in [0.15, 0.2) is 53.2 Å². The molecule has 0 aliphatic rings. The maximum Gasteiger partial charge on any atom is 0.0369 e. The van der Waals surface area contributed by atoms with Crippen molar-refractivity contribution in [3.63, 3.8) is 0 Å². The highest BCUT2D eigenvalue weighted by molar-refractivity contribution is 6.00. The molecular weight excluding hydrogens is 220 g/mol. The molecule has 0 spiro atoms. The highest BCUT2D eigenvalue weighted by atomic mass is 14.7. The SMILES string of the molecule is C=C(CC(C(C)=NCC)=C(C)N)c1ccccc1. The molecule has 0 atom stereocenters. The summed E-state index contributed by atoms with van der Waals surface area (Å²) in [7, 11) is 0. The predicted octanol–water partition coefficient (Wildman–Crippen LogP) is 3.80. The van der Waals surface area contributed by atoms with Gasteiger partial charge in [-0.25, -0.2) is 0 Å². The number of nitrogens with zero attached hydrogens (tertiary/aromatic N) is 1. The molecule has 1 aromatic carbocycles. The van der Waals surface area contributed by atoms with Gasteiger partial charge in [0.15, 0.2) is 0 Å². The Bertz CT molecular complexity index is 463. The van der Waals surface area contributed by atoms with Gasteiger partial charge in [0.2, 0.25) is 0 Å². The monoisotopic (exact) mass is 242 g/mol.